The molecule has 1 atom stereocenters. The van der Waals surface area contributed by atoms with E-state index in [-0.39, 0.29) is 5.91 Å². The van der Waals surface area contributed by atoms with Gasteiger partial charge in [0.2, 0.25) is 0 Å². The summed E-state index contributed by atoms with van der Waals surface area (Å²) in [6.07, 6.45) is 1.04. The summed E-state index contributed by atoms with van der Waals surface area (Å²) in [4.78, 5) is 25.2. The van der Waals surface area contributed by atoms with Gasteiger partial charge in [0.15, 0.2) is 6.10 Å². The Morgan fingerprint density at radius 2 is 1.79 bits per heavy atom. The number of carbonyl (C=O) groups is 2. The highest BCUT2D eigenvalue weighted by Gasteiger charge is 2.20. The van der Waals surface area contributed by atoms with Crippen LogP contribution in [0, 0.1) is 6.92 Å². The van der Waals surface area contributed by atoms with Gasteiger partial charge in [-0.15, -0.1) is 11.8 Å². The molecule has 2 aromatic rings. The Bertz CT molecular complexity index is 713. The molecule has 0 aliphatic rings. The lowest BCUT2D eigenvalue weighted by atomic mass is 10.1. The minimum atomic E-state index is -0.849. The smallest absolute Gasteiger partial charge is 0.340 e. The minimum absolute atomic E-state index is 0.314. The van der Waals surface area contributed by atoms with E-state index in [4.69, 9.17) is 4.74 Å². The second-order valence-electron chi connectivity index (χ2n) is 5.45. The van der Waals surface area contributed by atoms with Gasteiger partial charge < -0.3 is 10.1 Å². The van der Waals surface area contributed by atoms with Crippen molar-refractivity contribution in [1.29, 1.82) is 0 Å². The van der Waals surface area contributed by atoms with Crippen molar-refractivity contribution in [2.75, 3.05) is 6.26 Å². The molecule has 2 rings (SSSR count). The van der Waals surface area contributed by atoms with E-state index in [1.54, 1.807) is 19.1 Å². The maximum atomic E-state index is 12.2. The number of carbonyl (C=O) groups excluding carboxylic acids is 2. The number of rotatable bonds is 6. The Kier molecular flexibility index (Phi) is 6.44. The van der Waals surface area contributed by atoms with Crippen molar-refractivity contribution in [3.05, 3.63) is 65.2 Å². The molecule has 1 amide bonds. The Morgan fingerprint density at radius 1 is 1.12 bits per heavy atom. The van der Waals surface area contributed by atoms with Gasteiger partial charge in [-0.3, -0.25) is 4.79 Å². The molecule has 0 radical (unpaired) electrons. The molecule has 0 aliphatic heterocycles. The van der Waals surface area contributed by atoms with Crippen LogP contribution in [0.25, 0.3) is 0 Å². The van der Waals surface area contributed by atoms with Crippen LogP contribution in [0.2, 0.25) is 0 Å². The molecule has 24 heavy (non-hydrogen) atoms. The molecule has 0 spiro atoms. The average Bonchev–Trinajstić information content (AvgIpc) is 2.60. The van der Waals surface area contributed by atoms with Crippen LogP contribution in [0.1, 0.15) is 28.4 Å². The minimum Gasteiger partial charge on any atom is -0.449 e. The Hall–Kier alpha value is -2.27. The number of ether oxygens (including phenoxy) is 1. The molecule has 0 saturated heterocycles. The highest BCUT2D eigenvalue weighted by Crippen LogP contribution is 2.21. The van der Waals surface area contributed by atoms with E-state index < -0.39 is 12.1 Å². The van der Waals surface area contributed by atoms with E-state index in [0.717, 1.165) is 10.5 Å². The molecule has 0 aliphatic carbocycles. The fourth-order valence-electron chi connectivity index (χ4n) is 2.13. The molecular weight excluding hydrogens is 322 g/mol. The molecule has 4 nitrogen and oxygen atoms in total. The van der Waals surface area contributed by atoms with Crippen LogP contribution in [0.4, 0.5) is 0 Å². The molecule has 0 unspecified atom stereocenters. The first-order valence-corrected chi connectivity index (χ1v) is 8.91. The van der Waals surface area contributed by atoms with E-state index in [1.165, 1.54) is 17.3 Å². The van der Waals surface area contributed by atoms with Crippen molar-refractivity contribution in [2.45, 2.75) is 31.4 Å². The molecule has 1 N–H and O–H groups in total. The first-order chi connectivity index (χ1) is 11.5. The fourth-order valence-corrected chi connectivity index (χ4v) is 2.72. The fraction of sp³-hybridized carbons (Fsp3) is 0.263. The number of thioether (sulfide) groups is 1. The third-order valence-corrected chi connectivity index (χ3v) is 4.36. The molecule has 5 heteroatoms. The third kappa shape index (κ3) is 4.86. The van der Waals surface area contributed by atoms with Gasteiger partial charge in [-0.25, -0.2) is 4.79 Å². The lowest BCUT2D eigenvalue weighted by molar-refractivity contribution is -0.129. The number of hydrogen-bond acceptors (Lipinski definition) is 4. The molecule has 2 aromatic carbocycles. The van der Waals surface area contributed by atoms with Crippen LogP contribution in [0.3, 0.4) is 0 Å². The summed E-state index contributed by atoms with van der Waals surface area (Å²) in [5.74, 6) is -0.802. The maximum absolute atomic E-state index is 12.2. The normalized spacial score (nSPS) is 11.6. The molecule has 0 saturated carbocycles. The Balaban J connectivity index is 1.91. The maximum Gasteiger partial charge on any atom is 0.340 e. The van der Waals surface area contributed by atoms with E-state index in [1.807, 2.05) is 49.6 Å². The van der Waals surface area contributed by atoms with Gasteiger partial charge >= 0.3 is 5.97 Å². The second kappa shape index (κ2) is 8.55. The second-order valence-corrected chi connectivity index (χ2v) is 6.30. The Labute approximate surface area is 146 Å². The van der Waals surface area contributed by atoms with Gasteiger partial charge in [0.05, 0.1) is 5.56 Å². The van der Waals surface area contributed by atoms with E-state index >= 15 is 0 Å². The summed E-state index contributed by atoms with van der Waals surface area (Å²) >= 11 is 1.47. The summed E-state index contributed by atoms with van der Waals surface area (Å²) in [6, 6.07) is 15.1. The topological polar surface area (TPSA) is 55.4 Å². The summed E-state index contributed by atoms with van der Waals surface area (Å²) in [5, 5.41) is 2.78. The van der Waals surface area contributed by atoms with Crippen molar-refractivity contribution in [3.8, 4) is 0 Å². The molecule has 0 bridgehead atoms. The molecular formula is C19H21NO3S. The van der Waals surface area contributed by atoms with Gasteiger partial charge in [0.1, 0.15) is 0 Å². The van der Waals surface area contributed by atoms with Crippen LogP contribution >= 0.6 is 11.8 Å². The summed E-state index contributed by atoms with van der Waals surface area (Å²) in [6.45, 7) is 3.99. The van der Waals surface area contributed by atoms with E-state index in [2.05, 4.69) is 5.32 Å². The van der Waals surface area contributed by atoms with E-state index in [9.17, 15) is 9.59 Å². The summed E-state index contributed by atoms with van der Waals surface area (Å²) in [7, 11) is 0. The quantitative estimate of drug-likeness (QED) is 0.643. The van der Waals surface area contributed by atoms with Crippen molar-refractivity contribution in [1.82, 2.24) is 5.32 Å². The van der Waals surface area contributed by atoms with Gasteiger partial charge in [0.25, 0.3) is 5.91 Å². The third-order valence-electron chi connectivity index (χ3n) is 3.57. The van der Waals surface area contributed by atoms with Gasteiger partial charge in [-0.2, -0.15) is 0 Å². The SMILES string of the molecule is CSc1ccccc1C(=O)O[C@@H](C)C(=O)NCc1ccc(C)cc1. The molecule has 0 aromatic heterocycles. The highest BCUT2D eigenvalue weighted by molar-refractivity contribution is 7.98. The summed E-state index contributed by atoms with van der Waals surface area (Å²) in [5.41, 5.74) is 2.64. The highest BCUT2D eigenvalue weighted by atomic mass is 32.2. The van der Waals surface area contributed by atoms with Crippen molar-refractivity contribution >= 4 is 23.6 Å². The first kappa shape index (κ1) is 18.1. The molecule has 0 heterocycles. The largest absolute Gasteiger partial charge is 0.449 e. The number of amides is 1. The van der Waals surface area contributed by atoms with Gasteiger partial charge in [-0.05, 0) is 37.8 Å². The van der Waals surface area contributed by atoms with Crippen molar-refractivity contribution < 1.29 is 14.3 Å². The van der Waals surface area contributed by atoms with Gasteiger partial charge in [0, 0.05) is 11.4 Å². The van der Waals surface area contributed by atoms with Crippen molar-refractivity contribution in [2.24, 2.45) is 0 Å². The van der Waals surface area contributed by atoms with Crippen LogP contribution in [0.5, 0.6) is 0 Å². The lowest BCUT2D eigenvalue weighted by Gasteiger charge is -2.14. The van der Waals surface area contributed by atoms with Gasteiger partial charge in [-0.1, -0.05) is 42.0 Å². The summed E-state index contributed by atoms with van der Waals surface area (Å²) < 4.78 is 5.28. The van der Waals surface area contributed by atoms with Crippen LogP contribution < -0.4 is 5.32 Å². The van der Waals surface area contributed by atoms with Crippen LogP contribution in [-0.2, 0) is 16.1 Å². The Morgan fingerprint density at radius 3 is 2.46 bits per heavy atom. The average molecular weight is 343 g/mol. The number of benzene rings is 2. The number of aryl methyl sites for hydroxylation is 1. The predicted octanol–water partition coefficient (Wildman–Crippen LogP) is 3.58. The van der Waals surface area contributed by atoms with Crippen LogP contribution in [-0.4, -0.2) is 24.2 Å². The zero-order valence-electron chi connectivity index (χ0n) is 14.0. The van der Waals surface area contributed by atoms with Crippen LogP contribution in [0.15, 0.2) is 53.4 Å². The number of hydrogen-bond donors (Lipinski definition) is 1. The zero-order chi connectivity index (χ0) is 17.5. The standard InChI is InChI=1S/C19H21NO3S/c1-13-8-10-15(11-9-13)12-20-18(21)14(2)23-19(22)16-6-4-5-7-17(16)24-3/h4-11,14H,12H2,1-3H3,(H,20,21)/t14-/m0/s1. The molecule has 0 fully saturated rings. The monoisotopic (exact) mass is 343 g/mol. The van der Waals surface area contributed by atoms with Crippen molar-refractivity contribution in [3.63, 3.8) is 0 Å². The number of nitrogens with one attached hydrogen (secondary N) is 1. The lowest BCUT2D eigenvalue weighted by Crippen LogP contribution is -2.35. The first-order valence-electron chi connectivity index (χ1n) is 7.68. The van der Waals surface area contributed by atoms with E-state index in [0.29, 0.717) is 12.1 Å². The zero-order valence-corrected chi connectivity index (χ0v) is 14.9. The number of esters is 1. The predicted molar refractivity (Wildman–Crippen MR) is 96.1 cm³/mol. The molecule has 126 valence electrons.